The lowest BCUT2D eigenvalue weighted by atomic mass is 9.55. The molecule has 2 saturated carbocycles. The van der Waals surface area contributed by atoms with Crippen LogP contribution in [0.2, 0.25) is 0 Å². The smallest absolute Gasteiger partial charge is 0.155 e. The summed E-state index contributed by atoms with van der Waals surface area (Å²) in [5, 5.41) is 3.53. The van der Waals surface area contributed by atoms with Gasteiger partial charge in [-0.25, -0.2) is 0 Å². The van der Waals surface area contributed by atoms with Crippen molar-refractivity contribution in [3.63, 3.8) is 0 Å². The van der Waals surface area contributed by atoms with Gasteiger partial charge in [-0.15, -0.1) is 0 Å². The Morgan fingerprint density at radius 1 is 1.17 bits per heavy atom. The first kappa shape index (κ1) is 10.6. The molecule has 1 aromatic rings. The van der Waals surface area contributed by atoms with Crippen LogP contribution in [0.4, 0.5) is 5.69 Å². The topological polar surface area (TPSA) is 29.1 Å². The Kier molecular flexibility index (Phi) is 2.12. The highest BCUT2D eigenvalue weighted by atomic mass is 16.1. The van der Waals surface area contributed by atoms with Gasteiger partial charge in [0.1, 0.15) is 0 Å². The van der Waals surface area contributed by atoms with E-state index in [0.29, 0.717) is 11.7 Å². The fraction of sp³-hybridized carbons (Fsp3) is 0.562. The number of carbonyl (C=O) groups excluding carboxylic acids is 1. The van der Waals surface area contributed by atoms with Gasteiger partial charge in [0.15, 0.2) is 5.78 Å². The Labute approximate surface area is 108 Å². The van der Waals surface area contributed by atoms with E-state index in [9.17, 15) is 4.79 Å². The summed E-state index contributed by atoms with van der Waals surface area (Å²) in [7, 11) is 0. The molecular weight excluding hydrogens is 222 g/mol. The normalized spacial score (nSPS) is 37.4. The maximum Gasteiger partial charge on any atom is 0.155 e. The zero-order valence-corrected chi connectivity index (χ0v) is 10.6. The third-order valence-corrected chi connectivity index (χ3v) is 5.43. The van der Waals surface area contributed by atoms with Crippen molar-refractivity contribution in [2.24, 2.45) is 5.92 Å². The summed E-state index contributed by atoms with van der Waals surface area (Å²) in [4.78, 5) is 12.3. The molecule has 1 aromatic carbocycles. The van der Waals surface area contributed by atoms with Crippen molar-refractivity contribution in [1.29, 1.82) is 0 Å². The van der Waals surface area contributed by atoms with Crippen LogP contribution in [0.25, 0.3) is 0 Å². The predicted octanol–water partition coefficient (Wildman–Crippen LogP) is 3.27. The first-order chi connectivity index (χ1) is 8.82. The number of rotatable bonds is 0. The fourth-order valence-corrected chi connectivity index (χ4v) is 4.69. The molecule has 1 aliphatic heterocycles. The molecule has 0 saturated heterocycles. The second-order valence-corrected chi connectivity index (χ2v) is 6.11. The van der Waals surface area contributed by atoms with Crippen LogP contribution in [0.1, 0.15) is 44.1 Å². The number of carbonyl (C=O) groups is 1. The van der Waals surface area contributed by atoms with Crippen LogP contribution >= 0.6 is 0 Å². The van der Waals surface area contributed by atoms with Gasteiger partial charge in [-0.1, -0.05) is 31.0 Å². The number of fused-ring (bicyclic) bond motifs is 1. The SMILES string of the molecule is O=C1CC[C@H]2CCCC[C@]23c2ccccc2N[C@@H]13. The van der Waals surface area contributed by atoms with Crippen LogP contribution in [0.5, 0.6) is 0 Å². The lowest BCUT2D eigenvalue weighted by molar-refractivity contribution is -0.125. The van der Waals surface area contributed by atoms with Gasteiger partial charge in [0, 0.05) is 17.5 Å². The largest absolute Gasteiger partial charge is 0.374 e. The third kappa shape index (κ3) is 1.16. The average molecular weight is 241 g/mol. The summed E-state index contributed by atoms with van der Waals surface area (Å²) >= 11 is 0. The van der Waals surface area contributed by atoms with Crippen molar-refractivity contribution in [1.82, 2.24) is 0 Å². The van der Waals surface area contributed by atoms with Crippen molar-refractivity contribution >= 4 is 11.5 Å². The molecule has 2 heteroatoms. The molecule has 1 N–H and O–H groups in total. The zero-order valence-electron chi connectivity index (χ0n) is 10.6. The number of para-hydroxylation sites is 1. The molecule has 2 fully saturated rings. The van der Waals surface area contributed by atoms with E-state index in [0.717, 1.165) is 12.8 Å². The molecule has 18 heavy (non-hydrogen) atoms. The highest BCUT2D eigenvalue weighted by Crippen LogP contribution is 2.56. The minimum atomic E-state index is 0.0638. The second kappa shape index (κ2) is 3.59. The maximum atomic E-state index is 12.3. The summed E-state index contributed by atoms with van der Waals surface area (Å²) in [6.45, 7) is 0. The first-order valence-electron chi connectivity index (χ1n) is 7.21. The maximum absolute atomic E-state index is 12.3. The summed E-state index contributed by atoms with van der Waals surface area (Å²) in [6, 6.07) is 8.65. The van der Waals surface area contributed by atoms with Gasteiger partial charge in [0.2, 0.25) is 0 Å². The molecule has 0 radical (unpaired) electrons. The van der Waals surface area contributed by atoms with Crippen LogP contribution < -0.4 is 5.32 Å². The van der Waals surface area contributed by atoms with Gasteiger partial charge in [0.05, 0.1) is 6.04 Å². The van der Waals surface area contributed by atoms with Crippen LogP contribution in [-0.4, -0.2) is 11.8 Å². The number of anilines is 1. The molecular formula is C16H19NO. The Bertz CT molecular complexity index is 510. The van der Waals surface area contributed by atoms with Crippen LogP contribution in [0.15, 0.2) is 24.3 Å². The summed E-state index contributed by atoms with van der Waals surface area (Å²) in [5.74, 6) is 1.15. The van der Waals surface area contributed by atoms with Crippen molar-refractivity contribution < 1.29 is 4.79 Å². The van der Waals surface area contributed by atoms with Crippen LogP contribution in [-0.2, 0) is 10.2 Å². The van der Waals surface area contributed by atoms with E-state index >= 15 is 0 Å². The van der Waals surface area contributed by atoms with Crippen molar-refractivity contribution in [2.75, 3.05) is 5.32 Å². The molecule has 2 nitrogen and oxygen atoms in total. The molecule has 1 spiro atoms. The number of nitrogens with one attached hydrogen (secondary N) is 1. The molecule has 2 aliphatic carbocycles. The minimum absolute atomic E-state index is 0.0638. The monoisotopic (exact) mass is 241 g/mol. The van der Waals surface area contributed by atoms with Gasteiger partial charge in [-0.3, -0.25) is 4.79 Å². The number of ketones is 1. The minimum Gasteiger partial charge on any atom is -0.374 e. The molecule has 0 unspecified atom stereocenters. The molecule has 0 amide bonds. The van der Waals surface area contributed by atoms with E-state index in [2.05, 4.69) is 29.6 Å². The molecule has 0 aromatic heterocycles. The molecule has 0 bridgehead atoms. The van der Waals surface area contributed by atoms with Crippen molar-refractivity contribution in [3.05, 3.63) is 29.8 Å². The van der Waals surface area contributed by atoms with E-state index in [4.69, 9.17) is 0 Å². The Morgan fingerprint density at radius 2 is 2.06 bits per heavy atom. The van der Waals surface area contributed by atoms with Crippen LogP contribution in [0.3, 0.4) is 0 Å². The van der Waals surface area contributed by atoms with E-state index in [1.807, 2.05) is 0 Å². The Morgan fingerprint density at radius 3 is 3.00 bits per heavy atom. The number of Topliss-reactive ketones (excluding diaryl/α,β-unsaturated/α-hetero) is 1. The van der Waals surface area contributed by atoms with E-state index in [1.165, 1.54) is 36.9 Å². The lowest BCUT2D eigenvalue weighted by Gasteiger charge is -2.48. The fourth-order valence-electron chi connectivity index (χ4n) is 4.69. The molecule has 1 heterocycles. The standard InChI is InChI=1S/C16H19NO/c18-14-9-8-11-5-3-4-10-16(11)12-6-1-2-7-13(12)17-15(14)16/h1-2,6-7,11,15,17H,3-5,8-10H2/t11-,15+,16-/m1/s1. The number of hydrogen-bond donors (Lipinski definition) is 1. The van der Waals surface area contributed by atoms with Gasteiger partial charge in [-0.2, -0.15) is 0 Å². The number of benzene rings is 1. The molecule has 3 atom stereocenters. The van der Waals surface area contributed by atoms with Gasteiger partial charge in [0.25, 0.3) is 0 Å². The Balaban J connectivity index is 1.91. The van der Waals surface area contributed by atoms with Gasteiger partial charge in [-0.05, 0) is 36.8 Å². The van der Waals surface area contributed by atoms with Gasteiger partial charge < -0.3 is 5.32 Å². The van der Waals surface area contributed by atoms with Crippen LogP contribution in [0, 0.1) is 5.92 Å². The quantitative estimate of drug-likeness (QED) is 0.755. The van der Waals surface area contributed by atoms with Gasteiger partial charge >= 0.3 is 0 Å². The lowest BCUT2D eigenvalue weighted by Crippen LogP contribution is -2.54. The molecule has 4 rings (SSSR count). The second-order valence-electron chi connectivity index (χ2n) is 6.11. The molecule has 94 valence electrons. The summed E-state index contributed by atoms with van der Waals surface area (Å²) in [6.07, 6.45) is 6.99. The summed E-state index contributed by atoms with van der Waals surface area (Å²) in [5.41, 5.74) is 2.77. The van der Waals surface area contributed by atoms with E-state index in [-0.39, 0.29) is 11.5 Å². The van der Waals surface area contributed by atoms with E-state index in [1.54, 1.807) is 0 Å². The predicted molar refractivity (Wildman–Crippen MR) is 71.7 cm³/mol. The highest BCUT2D eigenvalue weighted by molar-refractivity contribution is 5.93. The molecule has 3 aliphatic rings. The highest BCUT2D eigenvalue weighted by Gasteiger charge is 2.57. The zero-order chi connectivity index (χ0) is 12.2. The van der Waals surface area contributed by atoms with Crippen molar-refractivity contribution in [3.8, 4) is 0 Å². The third-order valence-electron chi connectivity index (χ3n) is 5.43. The van der Waals surface area contributed by atoms with E-state index < -0.39 is 0 Å². The number of hydrogen-bond acceptors (Lipinski definition) is 2. The Hall–Kier alpha value is -1.31. The van der Waals surface area contributed by atoms with Crippen molar-refractivity contribution in [2.45, 2.75) is 50.0 Å². The first-order valence-corrected chi connectivity index (χ1v) is 7.21. The summed E-state index contributed by atoms with van der Waals surface area (Å²) < 4.78 is 0. The average Bonchev–Trinajstić information content (AvgIpc) is 2.75.